The summed E-state index contributed by atoms with van der Waals surface area (Å²) in [4.78, 5) is 18.0. The molecule has 5 N–H and O–H groups in total. The first-order valence-corrected chi connectivity index (χ1v) is 4.25. The highest BCUT2D eigenvalue weighted by Gasteiger charge is 2.20. The number of thiazole rings is 1. The van der Waals surface area contributed by atoms with Gasteiger partial charge in [0.15, 0.2) is 12.0 Å². The maximum atomic E-state index is 10.7. The van der Waals surface area contributed by atoms with Crippen molar-refractivity contribution < 1.29 is 9.90 Å². The number of nitrogens with zero attached hydrogens (tertiary/aromatic N) is 2. The van der Waals surface area contributed by atoms with E-state index < -0.39 is 12.0 Å². The quantitative estimate of drug-likeness (QED) is 0.451. The first kappa shape index (κ1) is 9.46. The van der Waals surface area contributed by atoms with Crippen molar-refractivity contribution in [2.24, 2.45) is 16.5 Å². The first-order valence-electron chi connectivity index (χ1n) is 3.31. The molecule has 0 aliphatic heterocycles. The van der Waals surface area contributed by atoms with Crippen LogP contribution in [0, 0.1) is 0 Å². The van der Waals surface area contributed by atoms with Crippen LogP contribution in [0.5, 0.6) is 0 Å². The fourth-order valence-corrected chi connectivity index (χ4v) is 1.33. The Morgan fingerprint density at radius 3 is 2.77 bits per heavy atom. The van der Waals surface area contributed by atoms with Crippen LogP contribution in [-0.2, 0) is 4.79 Å². The van der Waals surface area contributed by atoms with Crippen LogP contribution in [0.2, 0.25) is 0 Å². The van der Waals surface area contributed by atoms with E-state index in [0.717, 1.165) is 0 Å². The Kier molecular flexibility index (Phi) is 2.80. The van der Waals surface area contributed by atoms with E-state index in [2.05, 4.69) is 9.98 Å². The molecule has 0 aromatic carbocycles. The summed E-state index contributed by atoms with van der Waals surface area (Å²) >= 11 is 1.29. The standard InChI is InChI=1S/C6H8N4O2S/c7-6(8)10-4(5(11)12)3-1-13-2-9-3/h1-2,4H,(H,11,12)(H4,7,8,10). The van der Waals surface area contributed by atoms with E-state index in [1.54, 1.807) is 5.38 Å². The highest BCUT2D eigenvalue weighted by atomic mass is 32.1. The van der Waals surface area contributed by atoms with Crippen molar-refractivity contribution in [3.05, 3.63) is 16.6 Å². The van der Waals surface area contributed by atoms with Gasteiger partial charge in [0.2, 0.25) is 0 Å². The minimum Gasteiger partial charge on any atom is -0.479 e. The molecule has 0 spiro atoms. The monoisotopic (exact) mass is 200 g/mol. The van der Waals surface area contributed by atoms with Crippen LogP contribution in [0.15, 0.2) is 15.9 Å². The Balaban J connectivity index is 2.94. The summed E-state index contributed by atoms with van der Waals surface area (Å²) < 4.78 is 0. The lowest BCUT2D eigenvalue weighted by Gasteiger charge is -2.03. The molecule has 1 unspecified atom stereocenters. The third kappa shape index (κ3) is 2.41. The summed E-state index contributed by atoms with van der Waals surface area (Å²) in [6.45, 7) is 0. The molecule has 1 heterocycles. The predicted octanol–water partition coefficient (Wildman–Crippen LogP) is -0.458. The van der Waals surface area contributed by atoms with Crippen LogP contribution in [0.4, 0.5) is 0 Å². The smallest absolute Gasteiger partial charge is 0.334 e. The Labute approximate surface area is 77.9 Å². The van der Waals surface area contributed by atoms with Gasteiger partial charge in [0.05, 0.1) is 11.2 Å². The summed E-state index contributed by atoms with van der Waals surface area (Å²) in [7, 11) is 0. The number of aliphatic imine (C=N–C) groups is 1. The number of aliphatic carboxylic acids is 1. The van der Waals surface area contributed by atoms with Crippen molar-refractivity contribution in [1.29, 1.82) is 0 Å². The van der Waals surface area contributed by atoms with Crippen LogP contribution in [0.3, 0.4) is 0 Å². The van der Waals surface area contributed by atoms with E-state index in [4.69, 9.17) is 16.6 Å². The third-order valence-electron chi connectivity index (χ3n) is 1.24. The van der Waals surface area contributed by atoms with E-state index >= 15 is 0 Å². The molecule has 0 aliphatic carbocycles. The van der Waals surface area contributed by atoms with Gasteiger partial charge in [-0.1, -0.05) is 0 Å². The zero-order valence-corrected chi connectivity index (χ0v) is 7.36. The molecule has 7 heteroatoms. The van der Waals surface area contributed by atoms with Gasteiger partial charge >= 0.3 is 5.97 Å². The lowest BCUT2D eigenvalue weighted by Crippen LogP contribution is -2.25. The highest BCUT2D eigenvalue weighted by Crippen LogP contribution is 2.16. The van der Waals surface area contributed by atoms with Crippen LogP contribution < -0.4 is 11.5 Å². The average Bonchev–Trinajstić information content (AvgIpc) is 2.50. The van der Waals surface area contributed by atoms with Crippen LogP contribution in [0.1, 0.15) is 11.7 Å². The molecule has 13 heavy (non-hydrogen) atoms. The van der Waals surface area contributed by atoms with Crippen molar-refractivity contribution in [2.45, 2.75) is 6.04 Å². The number of rotatable bonds is 3. The fourth-order valence-electron chi connectivity index (χ4n) is 0.754. The SMILES string of the molecule is NC(N)=NC(C(=O)O)c1cscn1. The molecule has 1 rings (SSSR count). The molecule has 6 nitrogen and oxygen atoms in total. The largest absolute Gasteiger partial charge is 0.479 e. The zero-order chi connectivity index (χ0) is 9.84. The molecular weight excluding hydrogens is 192 g/mol. The van der Waals surface area contributed by atoms with Gasteiger partial charge in [0.1, 0.15) is 0 Å². The zero-order valence-electron chi connectivity index (χ0n) is 6.54. The van der Waals surface area contributed by atoms with Gasteiger partial charge in [-0.2, -0.15) is 0 Å². The molecular formula is C6H8N4O2S. The Bertz CT molecular complexity index is 317. The van der Waals surface area contributed by atoms with Crippen LogP contribution in [-0.4, -0.2) is 22.0 Å². The topological polar surface area (TPSA) is 115 Å². The maximum absolute atomic E-state index is 10.7. The second-order valence-electron chi connectivity index (χ2n) is 2.21. The second kappa shape index (κ2) is 3.85. The molecule has 0 amide bonds. The summed E-state index contributed by atoms with van der Waals surface area (Å²) in [5, 5.41) is 10.3. The van der Waals surface area contributed by atoms with Crippen molar-refractivity contribution in [3.63, 3.8) is 0 Å². The number of carboxylic acids is 1. The van der Waals surface area contributed by atoms with Gasteiger partial charge < -0.3 is 16.6 Å². The molecule has 1 aromatic heterocycles. The Morgan fingerprint density at radius 1 is 1.69 bits per heavy atom. The van der Waals surface area contributed by atoms with E-state index in [1.165, 1.54) is 16.8 Å². The highest BCUT2D eigenvalue weighted by molar-refractivity contribution is 7.07. The fraction of sp³-hybridized carbons (Fsp3) is 0.167. The average molecular weight is 200 g/mol. The molecule has 70 valence electrons. The predicted molar refractivity (Wildman–Crippen MR) is 48.3 cm³/mol. The number of nitrogens with two attached hydrogens (primary N) is 2. The molecule has 1 aromatic rings. The number of aromatic nitrogens is 1. The van der Waals surface area contributed by atoms with Gasteiger partial charge in [-0.25, -0.2) is 14.8 Å². The van der Waals surface area contributed by atoms with Gasteiger partial charge in [0.25, 0.3) is 0 Å². The molecule has 0 saturated heterocycles. The summed E-state index contributed by atoms with van der Waals surface area (Å²) in [5.74, 6) is -1.39. The van der Waals surface area contributed by atoms with Crippen molar-refractivity contribution in [3.8, 4) is 0 Å². The minimum atomic E-state index is -1.13. The summed E-state index contributed by atoms with van der Waals surface area (Å²) in [6, 6.07) is -1.10. The number of carbonyl (C=O) groups is 1. The Morgan fingerprint density at radius 2 is 2.38 bits per heavy atom. The van der Waals surface area contributed by atoms with E-state index in [1.807, 2.05) is 0 Å². The van der Waals surface area contributed by atoms with Gasteiger partial charge in [-0.05, 0) is 0 Å². The maximum Gasteiger partial charge on any atom is 0.334 e. The van der Waals surface area contributed by atoms with Crippen molar-refractivity contribution >= 4 is 23.3 Å². The molecule has 0 aliphatic rings. The number of carboxylic acid groups (broad SMARTS) is 1. The second-order valence-corrected chi connectivity index (χ2v) is 2.93. The van der Waals surface area contributed by atoms with Crippen LogP contribution >= 0.6 is 11.3 Å². The van der Waals surface area contributed by atoms with E-state index in [-0.39, 0.29) is 5.96 Å². The molecule has 0 radical (unpaired) electrons. The third-order valence-corrected chi connectivity index (χ3v) is 1.85. The molecule has 0 fully saturated rings. The molecule has 0 bridgehead atoms. The number of hydrogen-bond donors (Lipinski definition) is 3. The van der Waals surface area contributed by atoms with Crippen molar-refractivity contribution in [2.75, 3.05) is 0 Å². The van der Waals surface area contributed by atoms with Gasteiger partial charge in [-0.15, -0.1) is 11.3 Å². The minimum absolute atomic E-state index is 0.264. The van der Waals surface area contributed by atoms with Crippen molar-refractivity contribution in [1.82, 2.24) is 4.98 Å². The lowest BCUT2D eigenvalue weighted by molar-refractivity contribution is -0.138. The van der Waals surface area contributed by atoms with Gasteiger partial charge in [0, 0.05) is 5.38 Å². The first-order chi connectivity index (χ1) is 6.11. The molecule has 1 atom stereocenters. The normalized spacial score (nSPS) is 12.0. The van der Waals surface area contributed by atoms with Gasteiger partial charge in [-0.3, -0.25) is 0 Å². The lowest BCUT2D eigenvalue weighted by atomic mass is 10.2. The van der Waals surface area contributed by atoms with E-state index in [9.17, 15) is 4.79 Å². The Hall–Kier alpha value is -1.63. The number of hydrogen-bond acceptors (Lipinski definition) is 4. The number of guanidine groups is 1. The van der Waals surface area contributed by atoms with E-state index in [0.29, 0.717) is 5.69 Å². The molecule has 0 saturated carbocycles. The summed E-state index contributed by atoms with van der Waals surface area (Å²) in [5.41, 5.74) is 12.0. The van der Waals surface area contributed by atoms with Crippen LogP contribution in [0.25, 0.3) is 0 Å². The summed E-state index contributed by atoms with van der Waals surface area (Å²) in [6.07, 6.45) is 0.